The highest BCUT2D eigenvalue weighted by Gasteiger charge is 2.17. The second-order valence-corrected chi connectivity index (χ2v) is 8.40. The highest BCUT2D eigenvalue weighted by Crippen LogP contribution is 2.27. The van der Waals surface area contributed by atoms with Crippen molar-refractivity contribution >= 4 is 48.8 Å². The third-order valence-corrected chi connectivity index (χ3v) is 5.87. The molecular formula is C12H14BrN3O2S2. The molecule has 0 aliphatic heterocycles. The molecular weight excluding hydrogens is 362 g/mol. The van der Waals surface area contributed by atoms with Crippen LogP contribution in [0.25, 0.3) is 0 Å². The van der Waals surface area contributed by atoms with Crippen LogP contribution >= 0.6 is 27.3 Å². The number of hydrogen-bond acceptors (Lipinski definition) is 5. The Balaban J connectivity index is 2.09. The fraction of sp³-hybridized carbons (Fsp3) is 0.250. The molecule has 0 atom stereocenters. The number of aromatic nitrogens is 1. The van der Waals surface area contributed by atoms with Gasteiger partial charge in [0.1, 0.15) is 10.0 Å². The minimum atomic E-state index is -3.57. The van der Waals surface area contributed by atoms with Gasteiger partial charge in [-0.1, -0.05) is 6.92 Å². The number of nitrogens with zero attached hydrogens (tertiary/aromatic N) is 1. The van der Waals surface area contributed by atoms with E-state index in [9.17, 15) is 8.42 Å². The first-order valence-electron chi connectivity index (χ1n) is 5.99. The molecule has 0 spiro atoms. The Morgan fingerprint density at radius 2 is 2.10 bits per heavy atom. The van der Waals surface area contributed by atoms with Crippen molar-refractivity contribution in [1.29, 1.82) is 0 Å². The van der Waals surface area contributed by atoms with E-state index in [2.05, 4.69) is 37.9 Å². The Labute approximate surface area is 130 Å². The summed E-state index contributed by atoms with van der Waals surface area (Å²) in [4.78, 5) is 4.09. The van der Waals surface area contributed by atoms with Crippen LogP contribution < -0.4 is 10.0 Å². The van der Waals surface area contributed by atoms with Gasteiger partial charge < -0.3 is 5.32 Å². The maximum atomic E-state index is 12.1. The number of anilines is 2. The van der Waals surface area contributed by atoms with Crippen molar-refractivity contribution in [1.82, 2.24) is 4.98 Å². The van der Waals surface area contributed by atoms with E-state index in [0.717, 1.165) is 33.8 Å². The van der Waals surface area contributed by atoms with Gasteiger partial charge in [0.05, 0.1) is 15.7 Å². The predicted molar refractivity (Wildman–Crippen MR) is 85.8 cm³/mol. The first-order valence-corrected chi connectivity index (χ1v) is 9.08. The zero-order valence-electron chi connectivity index (χ0n) is 10.8. The van der Waals surface area contributed by atoms with Crippen molar-refractivity contribution in [3.8, 4) is 0 Å². The third kappa shape index (κ3) is 3.94. The zero-order valence-corrected chi connectivity index (χ0v) is 14.0. The van der Waals surface area contributed by atoms with Crippen LogP contribution in [0, 0.1) is 0 Å². The topological polar surface area (TPSA) is 71.1 Å². The lowest BCUT2D eigenvalue weighted by atomic mass is 10.4. The highest BCUT2D eigenvalue weighted by atomic mass is 79.9. The van der Waals surface area contributed by atoms with Gasteiger partial charge in [0.2, 0.25) is 0 Å². The fourth-order valence-corrected chi connectivity index (χ4v) is 4.48. The quantitative estimate of drug-likeness (QED) is 0.809. The second kappa shape index (κ2) is 6.55. The minimum absolute atomic E-state index is 0.249. The smallest absolute Gasteiger partial charge is 0.272 e. The molecule has 0 saturated carbocycles. The lowest BCUT2D eigenvalue weighted by molar-refractivity contribution is 0.603. The molecule has 2 aromatic rings. The molecule has 20 heavy (non-hydrogen) atoms. The number of sulfonamides is 1. The molecule has 8 heteroatoms. The van der Waals surface area contributed by atoms with Gasteiger partial charge in [0.25, 0.3) is 10.0 Å². The molecule has 2 rings (SSSR count). The van der Waals surface area contributed by atoms with E-state index in [4.69, 9.17) is 0 Å². The Hall–Kier alpha value is -1.12. The first kappa shape index (κ1) is 15.3. The number of thiophene rings is 1. The molecule has 0 unspecified atom stereocenters. The Kier molecular flexibility index (Phi) is 5.00. The average Bonchev–Trinajstić information content (AvgIpc) is 2.85. The van der Waals surface area contributed by atoms with Crippen molar-refractivity contribution in [2.45, 2.75) is 17.6 Å². The van der Waals surface area contributed by atoms with Crippen LogP contribution in [0.1, 0.15) is 13.3 Å². The van der Waals surface area contributed by atoms with Crippen LogP contribution in [0.15, 0.2) is 38.5 Å². The van der Waals surface area contributed by atoms with Crippen molar-refractivity contribution in [2.24, 2.45) is 0 Å². The fourth-order valence-electron chi connectivity index (χ4n) is 1.46. The maximum Gasteiger partial charge on any atom is 0.272 e. The van der Waals surface area contributed by atoms with Gasteiger partial charge in [-0.05, 0) is 46.6 Å². The maximum absolute atomic E-state index is 12.1. The number of halogens is 1. The molecule has 0 radical (unpaired) electrons. The van der Waals surface area contributed by atoms with Gasteiger partial charge >= 0.3 is 0 Å². The largest absolute Gasteiger partial charge is 0.384 e. The number of rotatable bonds is 6. The number of hydrogen-bond donors (Lipinski definition) is 2. The van der Waals surface area contributed by atoms with Crippen LogP contribution in [-0.4, -0.2) is 19.9 Å². The van der Waals surface area contributed by atoms with Crippen LogP contribution in [0.5, 0.6) is 0 Å². The van der Waals surface area contributed by atoms with Crippen LogP contribution in [0.4, 0.5) is 11.5 Å². The Bertz CT molecular complexity index is 668. The Morgan fingerprint density at radius 1 is 1.30 bits per heavy atom. The predicted octanol–water partition coefficient (Wildman–Crippen LogP) is 3.53. The lowest BCUT2D eigenvalue weighted by Crippen LogP contribution is -2.12. The molecule has 108 valence electrons. The number of nitrogens with one attached hydrogen (secondary N) is 2. The average molecular weight is 376 g/mol. The van der Waals surface area contributed by atoms with Gasteiger partial charge in [-0.2, -0.15) is 0 Å². The van der Waals surface area contributed by atoms with Crippen molar-refractivity contribution in [3.05, 3.63) is 34.2 Å². The number of pyridine rings is 1. The lowest BCUT2D eigenvalue weighted by Gasteiger charge is -2.07. The molecule has 0 saturated heterocycles. The van der Waals surface area contributed by atoms with Crippen molar-refractivity contribution < 1.29 is 8.42 Å². The van der Waals surface area contributed by atoms with E-state index in [-0.39, 0.29) is 4.21 Å². The van der Waals surface area contributed by atoms with E-state index in [1.54, 1.807) is 30.5 Å². The molecule has 0 aliphatic rings. The van der Waals surface area contributed by atoms with Gasteiger partial charge in [0.15, 0.2) is 0 Å². The summed E-state index contributed by atoms with van der Waals surface area (Å²) in [6.45, 7) is 2.93. The van der Waals surface area contributed by atoms with Gasteiger partial charge in [-0.15, -0.1) is 11.3 Å². The van der Waals surface area contributed by atoms with Gasteiger partial charge in [-0.25, -0.2) is 13.4 Å². The monoisotopic (exact) mass is 375 g/mol. The van der Waals surface area contributed by atoms with Gasteiger partial charge in [0, 0.05) is 6.54 Å². The molecule has 0 fully saturated rings. The summed E-state index contributed by atoms with van der Waals surface area (Å²) in [5.74, 6) is 0.302. The summed E-state index contributed by atoms with van der Waals surface area (Å²) in [7, 11) is -3.57. The van der Waals surface area contributed by atoms with Crippen molar-refractivity contribution in [2.75, 3.05) is 16.6 Å². The summed E-state index contributed by atoms with van der Waals surface area (Å²) in [6, 6.07) is 6.68. The molecule has 2 N–H and O–H groups in total. The molecule has 0 aromatic carbocycles. The van der Waals surface area contributed by atoms with Crippen LogP contribution in [0.3, 0.4) is 0 Å². The van der Waals surface area contributed by atoms with E-state index in [1.165, 1.54) is 0 Å². The highest BCUT2D eigenvalue weighted by molar-refractivity contribution is 9.11. The SMILES string of the molecule is CCCNc1ccc(NS(=O)(=O)c2ccc(Br)s2)nc1. The third-order valence-electron chi connectivity index (χ3n) is 2.39. The molecule has 2 aromatic heterocycles. The van der Waals surface area contributed by atoms with E-state index in [0.29, 0.717) is 5.82 Å². The Morgan fingerprint density at radius 3 is 2.65 bits per heavy atom. The zero-order chi connectivity index (χ0) is 14.6. The van der Waals surface area contributed by atoms with Gasteiger partial charge in [-0.3, -0.25) is 4.72 Å². The van der Waals surface area contributed by atoms with Crippen LogP contribution in [-0.2, 0) is 10.0 Å². The van der Waals surface area contributed by atoms with E-state index in [1.807, 2.05) is 0 Å². The van der Waals surface area contributed by atoms with Crippen molar-refractivity contribution in [3.63, 3.8) is 0 Å². The molecule has 0 aliphatic carbocycles. The standard InChI is InChI=1S/C12H14BrN3O2S2/c1-2-7-14-9-3-5-11(15-8-9)16-20(17,18)12-6-4-10(13)19-12/h3-6,8,14H,2,7H2,1H3,(H,15,16). The second-order valence-electron chi connectivity index (χ2n) is 4.02. The summed E-state index contributed by atoms with van der Waals surface area (Å²) in [6.07, 6.45) is 2.62. The molecule has 5 nitrogen and oxygen atoms in total. The first-order chi connectivity index (χ1) is 9.51. The normalized spacial score (nSPS) is 11.3. The summed E-state index contributed by atoms with van der Waals surface area (Å²) in [5.41, 5.74) is 0.869. The van der Waals surface area contributed by atoms with E-state index >= 15 is 0 Å². The molecule has 0 amide bonds. The van der Waals surface area contributed by atoms with Crippen LogP contribution in [0.2, 0.25) is 0 Å². The minimum Gasteiger partial charge on any atom is -0.384 e. The molecule has 0 bridgehead atoms. The summed E-state index contributed by atoms with van der Waals surface area (Å²) < 4.78 is 27.7. The summed E-state index contributed by atoms with van der Waals surface area (Å²) >= 11 is 4.40. The molecule has 2 heterocycles. The van der Waals surface area contributed by atoms with E-state index < -0.39 is 10.0 Å². The summed E-state index contributed by atoms with van der Waals surface area (Å²) in [5, 5.41) is 3.18.